The van der Waals surface area contributed by atoms with E-state index in [4.69, 9.17) is 27.6 Å². The van der Waals surface area contributed by atoms with E-state index in [9.17, 15) is 4.79 Å². The first-order valence-corrected chi connectivity index (χ1v) is 9.67. The largest absolute Gasteiger partial charge is 0.467 e. The summed E-state index contributed by atoms with van der Waals surface area (Å²) in [4.78, 5) is 16.0. The van der Waals surface area contributed by atoms with Gasteiger partial charge in [0.05, 0.1) is 22.9 Å². The number of aromatic amines is 1. The first-order valence-electron chi connectivity index (χ1n) is 8.92. The fraction of sp³-hybridized carbons (Fsp3) is 0.136. The maximum absolute atomic E-state index is 12.7. The highest BCUT2D eigenvalue weighted by atomic mass is 35.5. The Morgan fingerprint density at radius 3 is 2.71 bits per heavy atom. The van der Waals surface area contributed by atoms with Gasteiger partial charge in [-0.05, 0) is 41.5 Å². The maximum Gasteiger partial charge on any atom is 0.221 e. The first-order chi connectivity index (χ1) is 13.6. The van der Waals surface area contributed by atoms with E-state index in [1.807, 2.05) is 48.7 Å². The van der Waals surface area contributed by atoms with Crippen LogP contribution in [0.15, 0.2) is 71.5 Å². The average molecular weight is 413 g/mol. The molecule has 2 aromatic heterocycles. The van der Waals surface area contributed by atoms with E-state index in [0.29, 0.717) is 22.4 Å². The fourth-order valence-electron chi connectivity index (χ4n) is 3.38. The smallest absolute Gasteiger partial charge is 0.221 e. The highest BCUT2D eigenvalue weighted by Gasteiger charge is 2.22. The second-order valence-corrected chi connectivity index (χ2v) is 7.39. The lowest BCUT2D eigenvalue weighted by molar-refractivity contribution is -0.121. The monoisotopic (exact) mass is 412 g/mol. The van der Waals surface area contributed by atoms with E-state index in [1.165, 1.54) is 0 Å². The van der Waals surface area contributed by atoms with Crippen molar-refractivity contribution in [2.45, 2.75) is 18.9 Å². The Morgan fingerprint density at radius 2 is 1.93 bits per heavy atom. The maximum atomic E-state index is 12.7. The Morgan fingerprint density at radius 1 is 1.07 bits per heavy atom. The van der Waals surface area contributed by atoms with Crippen LogP contribution in [0.2, 0.25) is 10.0 Å². The third-order valence-corrected chi connectivity index (χ3v) is 5.51. The molecule has 0 saturated heterocycles. The summed E-state index contributed by atoms with van der Waals surface area (Å²) in [5.74, 6) is 0.479. The van der Waals surface area contributed by atoms with Gasteiger partial charge in [0, 0.05) is 29.4 Å². The van der Waals surface area contributed by atoms with Crippen molar-refractivity contribution in [3.05, 3.63) is 94.0 Å². The van der Waals surface area contributed by atoms with E-state index in [2.05, 4.69) is 10.3 Å². The van der Waals surface area contributed by atoms with Crippen molar-refractivity contribution < 1.29 is 9.21 Å². The van der Waals surface area contributed by atoms with Crippen LogP contribution in [0.3, 0.4) is 0 Å². The zero-order valence-electron chi connectivity index (χ0n) is 14.9. The number of para-hydroxylation sites is 1. The molecule has 4 nitrogen and oxygen atoms in total. The van der Waals surface area contributed by atoms with Crippen LogP contribution >= 0.6 is 23.2 Å². The zero-order chi connectivity index (χ0) is 19.5. The van der Waals surface area contributed by atoms with Gasteiger partial charge in [0.25, 0.3) is 0 Å². The number of hydrogen-bond donors (Lipinski definition) is 2. The summed E-state index contributed by atoms with van der Waals surface area (Å²) in [6.45, 7) is 0.355. The van der Waals surface area contributed by atoms with Gasteiger partial charge >= 0.3 is 0 Å². The number of halogens is 2. The Bertz CT molecular complexity index is 1100. The molecule has 0 radical (unpaired) electrons. The molecule has 6 heteroatoms. The van der Waals surface area contributed by atoms with E-state index >= 15 is 0 Å². The number of H-pyrrole nitrogens is 1. The number of fused-ring (bicyclic) bond motifs is 1. The summed E-state index contributed by atoms with van der Waals surface area (Å²) in [6.07, 6.45) is 3.82. The van der Waals surface area contributed by atoms with E-state index in [1.54, 1.807) is 18.4 Å². The van der Waals surface area contributed by atoms with E-state index in [0.717, 1.165) is 22.0 Å². The molecule has 4 rings (SSSR count). The SMILES string of the molecule is O=C(C[C@@H](c1ccc(Cl)c(Cl)c1)c1c[nH]c2ccccc12)NCc1ccco1. The summed E-state index contributed by atoms with van der Waals surface area (Å²) in [7, 11) is 0. The standard InChI is InChI=1S/C22H18Cl2N2O2/c23-19-8-7-14(10-20(19)24)17(11-22(27)26-12-15-4-3-9-28-15)18-13-25-21-6-2-1-5-16(18)21/h1-10,13,17,25H,11-12H2,(H,26,27)/t17-/m0/s1. The number of furan rings is 1. The number of carbonyl (C=O) groups excluding carboxylic acids is 1. The van der Waals surface area contributed by atoms with Crippen LogP contribution in [-0.2, 0) is 11.3 Å². The van der Waals surface area contributed by atoms with E-state index in [-0.39, 0.29) is 18.2 Å². The normalized spacial score (nSPS) is 12.2. The second kappa shape index (κ2) is 8.13. The number of benzene rings is 2. The third kappa shape index (κ3) is 3.93. The predicted octanol–water partition coefficient (Wildman–Crippen LogP) is 5.91. The minimum Gasteiger partial charge on any atom is -0.467 e. The number of nitrogens with one attached hydrogen (secondary N) is 2. The Hall–Kier alpha value is -2.69. The first kappa shape index (κ1) is 18.7. The number of amides is 1. The molecule has 142 valence electrons. The molecular weight excluding hydrogens is 395 g/mol. The summed E-state index contributed by atoms with van der Waals surface area (Å²) in [6, 6.07) is 17.2. The molecule has 0 unspecified atom stereocenters. The van der Waals surface area contributed by atoms with Gasteiger partial charge in [-0.2, -0.15) is 0 Å². The van der Waals surface area contributed by atoms with Crippen molar-refractivity contribution in [3.63, 3.8) is 0 Å². The molecule has 0 aliphatic rings. The van der Waals surface area contributed by atoms with Crippen molar-refractivity contribution in [2.75, 3.05) is 0 Å². The van der Waals surface area contributed by atoms with Crippen LogP contribution < -0.4 is 5.32 Å². The predicted molar refractivity (Wildman–Crippen MR) is 112 cm³/mol. The minimum absolute atomic E-state index is 0.0715. The minimum atomic E-state index is -0.164. The summed E-state index contributed by atoms with van der Waals surface area (Å²) >= 11 is 12.3. The lowest BCUT2D eigenvalue weighted by Gasteiger charge is -2.18. The number of rotatable bonds is 6. The van der Waals surface area contributed by atoms with Crippen LogP contribution in [0.4, 0.5) is 0 Å². The topological polar surface area (TPSA) is 58.0 Å². The fourth-order valence-corrected chi connectivity index (χ4v) is 3.68. The summed E-state index contributed by atoms with van der Waals surface area (Å²) in [5.41, 5.74) is 3.01. The third-order valence-electron chi connectivity index (χ3n) is 4.77. The van der Waals surface area contributed by atoms with Crippen LogP contribution in [0.1, 0.15) is 29.2 Å². The van der Waals surface area contributed by atoms with Gasteiger partial charge in [-0.3, -0.25) is 4.79 Å². The van der Waals surface area contributed by atoms with Gasteiger partial charge in [-0.1, -0.05) is 47.5 Å². The molecule has 2 N–H and O–H groups in total. The lowest BCUT2D eigenvalue weighted by atomic mass is 9.88. The van der Waals surface area contributed by atoms with Gasteiger partial charge in [-0.15, -0.1) is 0 Å². The molecular formula is C22H18Cl2N2O2. The van der Waals surface area contributed by atoms with Crippen molar-refractivity contribution in [3.8, 4) is 0 Å². The van der Waals surface area contributed by atoms with Gasteiger partial charge < -0.3 is 14.7 Å². The molecule has 1 atom stereocenters. The quantitative estimate of drug-likeness (QED) is 0.413. The molecule has 0 spiro atoms. The zero-order valence-corrected chi connectivity index (χ0v) is 16.4. The molecule has 0 aliphatic carbocycles. The van der Waals surface area contributed by atoms with Crippen LogP contribution in [0, 0.1) is 0 Å². The van der Waals surface area contributed by atoms with Gasteiger partial charge in [-0.25, -0.2) is 0 Å². The van der Waals surface area contributed by atoms with Crippen molar-refractivity contribution in [2.24, 2.45) is 0 Å². The molecule has 0 saturated carbocycles. The Labute approximate surface area is 172 Å². The molecule has 0 aliphatic heterocycles. The molecule has 2 aromatic carbocycles. The van der Waals surface area contributed by atoms with Crippen LogP contribution in [-0.4, -0.2) is 10.9 Å². The molecule has 1 amide bonds. The van der Waals surface area contributed by atoms with Crippen LogP contribution in [0.25, 0.3) is 10.9 Å². The number of carbonyl (C=O) groups is 1. The van der Waals surface area contributed by atoms with Crippen molar-refractivity contribution >= 4 is 40.0 Å². The van der Waals surface area contributed by atoms with Gasteiger partial charge in [0.2, 0.25) is 5.91 Å². The number of aromatic nitrogens is 1. The molecule has 2 heterocycles. The number of hydrogen-bond acceptors (Lipinski definition) is 2. The highest BCUT2D eigenvalue weighted by Crippen LogP contribution is 2.36. The van der Waals surface area contributed by atoms with Gasteiger partial charge in [0.1, 0.15) is 5.76 Å². The highest BCUT2D eigenvalue weighted by molar-refractivity contribution is 6.42. The molecule has 4 aromatic rings. The Balaban J connectivity index is 1.65. The second-order valence-electron chi connectivity index (χ2n) is 6.58. The van der Waals surface area contributed by atoms with Crippen molar-refractivity contribution in [1.82, 2.24) is 10.3 Å². The summed E-state index contributed by atoms with van der Waals surface area (Å²) < 4.78 is 5.28. The molecule has 0 fully saturated rings. The average Bonchev–Trinajstić information content (AvgIpc) is 3.36. The summed E-state index contributed by atoms with van der Waals surface area (Å²) in [5, 5.41) is 4.96. The van der Waals surface area contributed by atoms with Crippen molar-refractivity contribution in [1.29, 1.82) is 0 Å². The van der Waals surface area contributed by atoms with Gasteiger partial charge in [0.15, 0.2) is 0 Å². The Kier molecular flexibility index (Phi) is 5.42. The molecule has 0 bridgehead atoms. The lowest BCUT2D eigenvalue weighted by Crippen LogP contribution is -2.24. The molecule has 28 heavy (non-hydrogen) atoms. The van der Waals surface area contributed by atoms with Crippen LogP contribution in [0.5, 0.6) is 0 Å². The van der Waals surface area contributed by atoms with E-state index < -0.39 is 0 Å².